The van der Waals surface area contributed by atoms with E-state index >= 15 is 0 Å². The molecule has 0 aliphatic heterocycles. The first-order valence-electron chi connectivity index (χ1n) is 7.00. The largest absolute Gasteiger partial charge is 0.369 e. The zero-order valence-electron chi connectivity index (χ0n) is 11.4. The molecule has 0 bridgehead atoms. The number of fused-ring (bicyclic) bond motifs is 1. The van der Waals surface area contributed by atoms with Crippen LogP contribution in [-0.2, 0) is 0 Å². The normalized spacial score (nSPS) is 11.0. The summed E-state index contributed by atoms with van der Waals surface area (Å²) in [6, 6.07) is 7.55. The Morgan fingerprint density at radius 3 is 2.74 bits per heavy atom. The van der Waals surface area contributed by atoms with Crippen molar-refractivity contribution in [3.05, 3.63) is 24.3 Å². The quantitative estimate of drug-likeness (QED) is 0.806. The number of nitrogens with zero attached hydrogens (tertiary/aromatic N) is 2. The number of imidazole rings is 1. The molecule has 2 aromatic rings. The Kier molecular flexibility index (Phi) is 4.55. The van der Waals surface area contributed by atoms with E-state index in [0.717, 1.165) is 23.9 Å². The average Bonchev–Trinajstić information content (AvgIpc) is 2.74. The van der Waals surface area contributed by atoms with E-state index < -0.39 is 0 Å². The van der Waals surface area contributed by atoms with E-state index in [0.29, 0.717) is 12.4 Å². The van der Waals surface area contributed by atoms with Crippen LogP contribution in [0.15, 0.2) is 24.3 Å². The van der Waals surface area contributed by atoms with Crippen molar-refractivity contribution in [1.29, 1.82) is 0 Å². The van der Waals surface area contributed by atoms with E-state index in [1.807, 2.05) is 24.3 Å². The maximum atomic E-state index is 12.2. The summed E-state index contributed by atoms with van der Waals surface area (Å²) < 4.78 is 1.54. The summed E-state index contributed by atoms with van der Waals surface area (Å²) in [5.41, 5.74) is 7.42. The molecular formula is C15H21N3O. The lowest BCUT2D eigenvalue weighted by molar-refractivity contribution is 0.0906. The van der Waals surface area contributed by atoms with Gasteiger partial charge in [-0.15, -0.1) is 0 Å². The van der Waals surface area contributed by atoms with E-state index in [2.05, 4.69) is 11.9 Å². The number of anilines is 1. The summed E-state index contributed by atoms with van der Waals surface area (Å²) in [5, 5.41) is 0. The fraction of sp³-hybridized carbons (Fsp3) is 0.467. The van der Waals surface area contributed by atoms with Crippen LogP contribution >= 0.6 is 0 Å². The van der Waals surface area contributed by atoms with Gasteiger partial charge in [-0.3, -0.25) is 4.79 Å². The minimum Gasteiger partial charge on any atom is -0.369 e. The van der Waals surface area contributed by atoms with Gasteiger partial charge in [-0.2, -0.15) is 0 Å². The van der Waals surface area contributed by atoms with Crippen molar-refractivity contribution in [3.8, 4) is 0 Å². The Bertz CT molecular complexity index is 560. The van der Waals surface area contributed by atoms with Gasteiger partial charge >= 0.3 is 0 Å². The molecule has 2 rings (SSSR count). The zero-order chi connectivity index (χ0) is 13.7. The van der Waals surface area contributed by atoms with Gasteiger partial charge in [-0.05, 0) is 18.6 Å². The number of benzene rings is 1. The molecule has 0 atom stereocenters. The SMILES string of the molecule is CCCCCCCC(=O)n1c(N)nc2ccccc21. The summed E-state index contributed by atoms with van der Waals surface area (Å²) >= 11 is 0. The van der Waals surface area contributed by atoms with E-state index in [1.54, 1.807) is 0 Å². The molecule has 1 aromatic heterocycles. The molecule has 0 amide bonds. The standard InChI is InChI=1S/C15H21N3O/c1-2-3-4-5-6-11-14(19)18-13-10-8-7-9-12(13)17-15(18)16/h7-10H,2-6,11H2,1H3,(H2,16,17). The number of para-hydroxylation sites is 2. The first-order chi connectivity index (χ1) is 9.24. The predicted molar refractivity (Wildman–Crippen MR) is 78.1 cm³/mol. The second-order valence-electron chi connectivity index (χ2n) is 4.85. The molecule has 19 heavy (non-hydrogen) atoms. The molecule has 0 unspecified atom stereocenters. The number of aromatic nitrogens is 2. The van der Waals surface area contributed by atoms with Gasteiger partial charge in [0.05, 0.1) is 11.0 Å². The topological polar surface area (TPSA) is 60.9 Å². The Hall–Kier alpha value is -1.84. The van der Waals surface area contributed by atoms with E-state index in [-0.39, 0.29) is 5.91 Å². The van der Waals surface area contributed by atoms with Gasteiger partial charge < -0.3 is 5.73 Å². The van der Waals surface area contributed by atoms with Crippen molar-refractivity contribution < 1.29 is 4.79 Å². The molecule has 1 aromatic carbocycles. The number of nitrogen functional groups attached to an aromatic ring is 1. The lowest BCUT2D eigenvalue weighted by Gasteiger charge is -2.05. The number of unbranched alkanes of at least 4 members (excludes halogenated alkanes) is 4. The Labute approximate surface area is 113 Å². The van der Waals surface area contributed by atoms with Crippen LogP contribution in [0.3, 0.4) is 0 Å². The van der Waals surface area contributed by atoms with Gasteiger partial charge in [0, 0.05) is 6.42 Å². The Balaban J connectivity index is 2.03. The van der Waals surface area contributed by atoms with Gasteiger partial charge in [0.25, 0.3) is 0 Å². The van der Waals surface area contributed by atoms with Gasteiger partial charge in [-0.1, -0.05) is 44.7 Å². The smallest absolute Gasteiger partial charge is 0.233 e. The average molecular weight is 259 g/mol. The lowest BCUT2D eigenvalue weighted by atomic mass is 10.1. The maximum Gasteiger partial charge on any atom is 0.233 e. The summed E-state index contributed by atoms with van der Waals surface area (Å²) in [6.07, 6.45) is 6.21. The molecule has 102 valence electrons. The number of hydrogen-bond donors (Lipinski definition) is 1. The maximum absolute atomic E-state index is 12.2. The monoisotopic (exact) mass is 259 g/mol. The van der Waals surface area contributed by atoms with Crippen LogP contribution in [0.25, 0.3) is 11.0 Å². The number of carbonyl (C=O) groups excluding carboxylic acids is 1. The molecule has 0 saturated heterocycles. The summed E-state index contributed by atoms with van der Waals surface area (Å²) in [5.74, 6) is 0.336. The summed E-state index contributed by atoms with van der Waals surface area (Å²) in [7, 11) is 0. The zero-order valence-corrected chi connectivity index (χ0v) is 11.4. The fourth-order valence-corrected chi connectivity index (χ4v) is 2.30. The molecule has 4 nitrogen and oxygen atoms in total. The summed E-state index contributed by atoms with van der Waals surface area (Å²) in [4.78, 5) is 16.4. The van der Waals surface area contributed by atoms with Crippen LogP contribution in [0.4, 0.5) is 5.95 Å². The van der Waals surface area contributed by atoms with Crippen molar-refractivity contribution >= 4 is 22.9 Å². The third kappa shape index (κ3) is 3.13. The number of hydrogen-bond acceptors (Lipinski definition) is 3. The Morgan fingerprint density at radius 1 is 1.21 bits per heavy atom. The van der Waals surface area contributed by atoms with E-state index in [9.17, 15) is 4.79 Å². The number of rotatable bonds is 6. The first kappa shape index (κ1) is 13.6. The van der Waals surface area contributed by atoms with Crippen molar-refractivity contribution in [2.75, 3.05) is 5.73 Å². The number of carbonyl (C=O) groups is 1. The second-order valence-corrected chi connectivity index (χ2v) is 4.85. The first-order valence-corrected chi connectivity index (χ1v) is 7.00. The van der Waals surface area contributed by atoms with E-state index in [1.165, 1.54) is 23.8 Å². The molecule has 0 aliphatic carbocycles. The molecule has 4 heteroatoms. The van der Waals surface area contributed by atoms with Crippen LogP contribution in [0.2, 0.25) is 0 Å². The van der Waals surface area contributed by atoms with Crippen LogP contribution in [0.5, 0.6) is 0 Å². The van der Waals surface area contributed by atoms with Crippen LogP contribution in [0.1, 0.15) is 50.2 Å². The molecule has 0 saturated carbocycles. The van der Waals surface area contributed by atoms with Crippen LogP contribution < -0.4 is 5.73 Å². The van der Waals surface area contributed by atoms with Gasteiger partial charge in [0.15, 0.2) is 0 Å². The van der Waals surface area contributed by atoms with Crippen molar-refractivity contribution in [2.24, 2.45) is 0 Å². The molecule has 0 radical (unpaired) electrons. The number of nitrogens with two attached hydrogens (primary N) is 1. The molecular weight excluding hydrogens is 238 g/mol. The highest BCUT2D eigenvalue weighted by atomic mass is 16.2. The van der Waals surface area contributed by atoms with Gasteiger partial charge in [-0.25, -0.2) is 9.55 Å². The Morgan fingerprint density at radius 2 is 1.95 bits per heavy atom. The molecule has 2 N–H and O–H groups in total. The van der Waals surface area contributed by atoms with Crippen LogP contribution in [-0.4, -0.2) is 15.5 Å². The molecule has 1 heterocycles. The fourth-order valence-electron chi connectivity index (χ4n) is 2.30. The highest BCUT2D eigenvalue weighted by molar-refractivity contribution is 5.93. The van der Waals surface area contributed by atoms with Gasteiger partial charge in [0.1, 0.15) is 0 Å². The highest BCUT2D eigenvalue weighted by Gasteiger charge is 2.13. The third-order valence-corrected chi connectivity index (χ3v) is 3.33. The predicted octanol–water partition coefficient (Wildman–Crippen LogP) is 3.62. The van der Waals surface area contributed by atoms with Crippen molar-refractivity contribution in [1.82, 2.24) is 9.55 Å². The lowest BCUT2D eigenvalue weighted by Crippen LogP contribution is -2.13. The molecule has 0 fully saturated rings. The molecule has 0 spiro atoms. The third-order valence-electron chi connectivity index (χ3n) is 3.33. The van der Waals surface area contributed by atoms with Gasteiger partial charge in [0.2, 0.25) is 11.9 Å². The van der Waals surface area contributed by atoms with Crippen molar-refractivity contribution in [2.45, 2.75) is 45.4 Å². The minimum atomic E-state index is 0.0442. The second kappa shape index (κ2) is 6.36. The van der Waals surface area contributed by atoms with Crippen LogP contribution in [0, 0.1) is 0 Å². The molecule has 0 aliphatic rings. The summed E-state index contributed by atoms with van der Waals surface area (Å²) in [6.45, 7) is 2.18. The highest BCUT2D eigenvalue weighted by Crippen LogP contribution is 2.18. The van der Waals surface area contributed by atoms with E-state index in [4.69, 9.17) is 5.73 Å². The minimum absolute atomic E-state index is 0.0442. The van der Waals surface area contributed by atoms with Crippen molar-refractivity contribution in [3.63, 3.8) is 0 Å².